The number of fused-ring (bicyclic) bond motifs is 2. The predicted molar refractivity (Wildman–Crippen MR) is 98.9 cm³/mol. The van der Waals surface area contributed by atoms with Crippen LogP contribution in [0.2, 0.25) is 0 Å². The molecule has 2 aromatic carbocycles. The molecule has 0 saturated carbocycles. The minimum absolute atomic E-state index is 0.294. The fraction of sp³-hybridized carbons (Fsp3) is 0.200. The van der Waals surface area contributed by atoms with Gasteiger partial charge in [0.05, 0.1) is 23.0 Å². The molecule has 0 saturated heterocycles. The Bertz CT molecular complexity index is 1070. The van der Waals surface area contributed by atoms with Crippen molar-refractivity contribution in [2.45, 2.75) is 26.4 Å². The molecule has 0 atom stereocenters. The van der Waals surface area contributed by atoms with Crippen molar-refractivity contribution in [1.82, 2.24) is 9.78 Å². The average molecular weight is 363 g/mol. The third-order valence-electron chi connectivity index (χ3n) is 4.17. The minimum Gasteiger partial charge on any atom is -0.442 e. The maximum absolute atomic E-state index is 12.8. The van der Waals surface area contributed by atoms with E-state index in [0.29, 0.717) is 27.7 Å². The van der Waals surface area contributed by atoms with E-state index in [9.17, 15) is 14.4 Å². The first-order chi connectivity index (χ1) is 12.8. The number of benzene rings is 2. The molecule has 1 aliphatic heterocycles. The van der Waals surface area contributed by atoms with Crippen molar-refractivity contribution in [2.24, 2.45) is 0 Å². The Hall–Kier alpha value is -3.48. The first-order valence-electron chi connectivity index (χ1n) is 8.46. The van der Waals surface area contributed by atoms with E-state index in [1.165, 1.54) is 6.20 Å². The topological polar surface area (TPSA) is 81.5 Å². The Morgan fingerprint density at radius 1 is 0.963 bits per heavy atom. The Labute approximate surface area is 155 Å². The Kier molecular flexibility index (Phi) is 3.62. The van der Waals surface area contributed by atoms with Gasteiger partial charge in [-0.3, -0.25) is 9.59 Å². The number of hydrogen-bond donors (Lipinski definition) is 0. The van der Waals surface area contributed by atoms with Crippen LogP contribution in [0.25, 0.3) is 10.9 Å². The molecule has 7 nitrogen and oxygen atoms in total. The van der Waals surface area contributed by atoms with Crippen molar-refractivity contribution < 1.29 is 19.1 Å². The number of ether oxygens (including phenoxy) is 1. The molecule has 1 aromatic heterocycles. The van der Waals surface area contributed by atoms with E-state index in [1.807, 2.05) is 0 Å². The van der Waals surface area contributed by atoms with Crippen molar-refractivity contribution >= 4 is 34.5 Å². The summed E-state index contributed by atoms with van der Waals surface area (Å²) in [7, 11) is 0. The zero-order chi connectivity index (χ0) is 19.3. The molecule has 136 valence electrons. The van der Waals surface area contributed by atoms with E-state index in [4.69, 9.17) is 4.74 Å². The number of anilines is 1. The highest BCUT2D eigenvalue weighted by molar-refractivity contribution is 6.35. The molecule has 3 aromatic rings. The highest BCUT2D eigenvalue weighted by Gasteiger charge is 2.38. The van der Waals surface area contributed by atoms with Gasteiger partial charge in [-0.05, 0) is 39.0 Å². The first kappa shape index (κ1) is 17.0. The second-order valence-corrected chi connectivity index (χ2v) is 7.24. The molecule has 0 radical (unpaired) electrons. The van der Waals surface area contributed by atoms with Gasteiger partial charge < -0.3 is 4.74 Å². The molecule has 1 aliphatic rings. The number of rotatable bonds is 1. The highest BCUT2D eigenvalue weighted by Crippen LogP contribution is 2.33. The van der Waals surface area contributed by atoms with Crippen molar-refractivity contribution in [3.63, 3.8) is 0 Å². The molecule has 27 heavy (non-hydrogen) atoms. The summed E-state index contributed by atoms with van der Waals surface area (Å²) in [6.07, 6.45) is 0.822. The van der Waals surface area contributed by atoms with E-state index in [1.54, 1.807) is 63.2 Å². The van der Waals surface area contributed by atoms with Gasteiger partial charge in [-0.2, -0.15) is 9.78 Å². The lowest BCUT2D eigenvalue weighted by Crippen LogP contribution is -2.31. The van der Waals surface area contributed by atoms with E-state index in [2.05, 4.69) is 5.10 Å². The summed E-state index contributed by atoms with van der Waals surface area (Å²) in [4.78, 5) is 39.3. The second kappa shape index (κ2) is 5.77. The van der Waals surface area contributed by atoms with Crippen LogP contribution in [0.3, 0.4) is 0 Å². The molecule has 4 rings (SSSR count). The van der Waals surface area contributed by atoms with Crippen molar-refractivity contribution in [3.8, 4) is 0 Å². The largest absolute Gasteiger partial charge is 0.442 e. The molecule has 0 N–H and O–H groups in total. The summed E-state index contributed by atoms with van der Waals surface area (Å²) in [5, 5.41) is 4.72. The van der Waals surface area contributed by atoms with Crippen LogP contribution >= 0.6 is 0 Å². The first-order valence-corrected chi connectivity index (χ1v) is 8.46. The van der Waals surface area contributed by atoms with Crippen LogP contribution < -0.4 is 4.90 Å². The summed E-state index contributed by atoms with van der Waals surface area (Å²) in [6.45, 7) is 5.25. The number of imide groups is 1. The van der Waals surface area contributed by atoms with Gasteiger partial charge in [-0.1, -0.05) is 24.3 Å². The van der Waals surface area contributed by atoms with Crippen LogP contribution in [0.5, 0.6) is 0 Å². The second-order valence-electron chi connectivity index (χ2n) is 7.24. The predicted octanol–water partition coefficient (Wildman–Crippen LogP) is 3.62. The number of carbonyl (C=O) groups is 3. The monoisotopic (exact) mass is 363 g/mol. The molecule has 0 bridgehead atoms. The summed E-state index contributed by atoms with van der Waals surface area (Å²) in [6, 6.07) is 11.7. The Morgan fingerprint density at radius 2 is 1.59 bits per heavy atom. The number of amides is 2. The zero-order valence-electron chi connectivity index (χ0n) is 15.1. The summed E-state index contributed by atoms with van der Waals surface area (Å²) >= 11 is 0. The quantitative estimate of drug-likeness (QED) is 0.617. The lowest BCUT2D eigenvalue weighted by molar-refractivity contribution is 0.0522. The smallest absolute Gasteiger partial charge is 0.435 e. The van der Waals surface area contributed by atoms with Gasteiger partial charge in [0.25, 0.3) is 11.8 Å². The molecular formula is C20H17N3O4. The van der Waals surface area contributed by atoms with Crippen LogP contribution in [0.4, 0.5) is 10.5 Å². The summed E-state index contributed by atoms with van der Waals surface area (Å²) < 4.78 is 6.48. The molecule has 0 aliphatic carbocycles. The van der Waals surface area contributed by atoms with Crippen molar-refractivity contribution in [3.05, 3.63) is 59.8 Å². The maximum Gasteiger partial charge on any atom is 0.435 e. The highest BCUT2D eigenvalue weighted by atomic mass is 16.6. The third kappa shape index (κ3) is 2.68. The number of nitrogens with zero attached hydrogens (tertiary/aromatic N) is 3. The van der Waals surface area contributed by atoms with E-state index >= 15 is 0 Å². The number of carbonyl (C=O) groups excluding carboxylic acids is 3. The molecular weight excluding hydrogens is 346 g/mol. The van der Waals surface area contributed by atoms with E-state index < -0.39 is 23.5 Å². The van der Waals surface area contributed by atoms with Gasteiger partial charge in [-0.25, -0.2) is 9.69 Å². The van der Waals surface area contributed by atoms with Gasteiger partial charge in [0.2, 0.25) is 0 Å². The van der Waals surface area contributed by atoms with E-state index in [-0.39, 0.29) is 0 Å². The number of para-hydroxylation sites is 1. The molecule has 2 heterocycles. The fourth-order valence-electron chi connectivity index (χ4n) is 3.09. The summed E-state index contributed by atoms with van der Waals surface area (Å²) in [5.41, 5.74) is 0.605. The van der Waals surface area contributed by atoms with Gasteiger partial charge >= 0.3 is 6.09 Å². The zero-order valence-corrected chi connectivity index (χ0v) is 15.1. The Balaban J connectivity index is 1.87. The third-order valence-corrected chi connectivity index (χ3v) is 4.17. The van der Waals surface area contributed by atoms with E-state index in [0.717, 1.165) is 9.58 Å². The molecule has 0 unspecified atom stereocenters. The number of aromatic nitrogens is 2. The van der Waals surface area contributed by atoms with Crippen LogP contribution in [-0.4, -0.2) is 33.3 Å². The standard InChI is InChI=1S/C20H17N3O4/c1-20(2,3)27-19(26)23-16-12(11-21-23)7-6-10-15(16)22-17(24)13-8-4-5-9-14(13)18(22)25/h4-11H,1-3H3. The number of hydrogen-bond acceptors (Lipinski definition) is 5. The van der Waals surface area contributed by atoms with Crippen LogP contribution in [-0.2, 0) is 4.74 Å². The van der Waals surface area contributed by atoms with Crippen LogP contribution in [0, 0.1) is 0 Å². The maximum atomic E-state index is 12.8. The molecule has 7 heteroatoms. The van der Waals surface area contributed by atoms with Gasteiger partial charge in [-0.15, -0.1) is 0 Å². The van der Waals surface area contributed by atoms with Crippen molar-refractivity contribution in [1.29, 1.82) is 0 Å². The van der Waals surface area contributed by atoms with Crippen molar-refractivity contribution in [2.75, 3.05) is 4.90 Å². The lowest BCUT2D eigenvalue weighted by Gasteiger charge is -2.20. The molecule has 2 amide bonds. The van der Waals surface area contributed by atoms with Gasteiger partial charge in [0.1, 0.15) is 11.1 Å². The van der Waals surface area contributed by atoms with Crippen LogP contribution in [0.1, 0.15) is 41.5 Å². The molecule has 0 spiro atoms. The lowest BCUT2D eigenvalue weighted by atomic mass is 10.1. The fourth-order valence-corrected chi connectivity index (χ4v) is 3.09. The minimum atomic E-state index is -0.709. The SMILES string of the molecule is CC(C)(C)OC(=O)n1ncc2cccc(N3C(=O)c4ccccc4C3=O)c21. The normalized spacial score (nSPS) is 14.0. The van der Waals surface area contributed by atoms with Gasteiger partial charge in [0.15, 0.2) is 0 Å². The average Bonchev–Trinajstić information content (AvgIpc) is 3.14. The summed E-state index contributed by atoms with van der Waals surface area (Å²) in [5.74, 6) is -0.861. The van der Waals surface area contributed by atoms with Gasteiger partial charge in [0, 0.05) is 5.39 Å². The van der Waals surface area contributed by atoms with Crippen LogP contribution in [0.15, 0.2) is 48.7 Å². The molecule has 0 fully saturated rings. The Morgan fingerprint density at radius 3 is 2.19 bits per heavy atom.